The van der Waals surface area contributed by atoms with Crippen molar-refractivity contribution in [2.45, 2.75) is 33.2 Å². The van der Waals surface area contributed by atoms with Crippen LogP contribution >= 0.6 is 0 Å². The third kappa shape index (κ3) is 3.17. The van der Waals surface area contributed by atoms with Gasteiger partial charge in [0.05, 0.1) is 7.11 Å². The van der Waals surface area contributed by atoms with Crippen molar-refractivity contribution in [3.05, 3.63) is 83.6 Å². The number of nitrogens with zero attached hydrogens (tertiary/aromatic N) is 1. The van der Waals surface area contributed by atoms with Gasteiger partial charge in [-0.3, -0.25) is 0 Å². The monoisotopic (exact) mass is 332 g/mol. The number of aryl methyl sites for hydroxylation is 2. The van der Waals surface area contributed by atoms with Gasteiger partial charge in [-0.2, -0.15) is 4.57 Å². The molecular weight excluding hydrogens is 306 g/mol. The zero-order chi connectivity index (χ0) is 18.0. The molecule has 0 unspecified atom stereocenters. The molecule has 0 bridgehead atoms. The first-order chi connectivity index (χ1) is 11.9. The lowest BCUT2D eigenvalue weighted by atomic mass is 9.92. The fourth-order valence-electron chi connectivity index (χ4n) is 3.57. The van der Waals surface area contributed by atoms with E-state index in [2.05, 4.69) is 99.1 Å². The summed E-state index contributed by atoms with van der Waals surface area (Å²) in [6.45, 7) is 8.72. The molecule has 0 aliphatic heterocycles. The average Bonchev–Trinajstić information content (AvgIpc) is 2.62. The summed E-state index contributed by atoms with van der Waals surface area (Å²) in [7, 11) is 1.73. The maximum atomic E-state index is 5.53. The highest BCUT2D eigenvalue weighted by Gasteiger charge is 2.33. The van der Waals surface area contributed by atoms with Crippen LogP contribution in [0.15, 0.2) is 66.9 Å². The minimum absolute atomic E-state index is 0.153. The summed E-state index contributed by atoms with van der Waals surface area (Å²) >= 11 is 0. The lowest BCUT2D eigenvalue weighted by molar-refractivity contribution is -0.737. The first kappa shape index (κ1) is 17.2. The first-order valence-electron chi connectivity index (χ1n) is 8.67. The van der Waals surface area contributed by atoms with E-state index in [-0.39, 0.29) is 5.54 Å². The van der Waals surface area contributed by atoms with Crippen molar-refractivity contribution in [1.29, 1.82) is 0 Å². The average molecular weight is 332 g/mol. The maximum Gasteiger partial charge on any atom is 0.213 e. The molecule has 3 rings (SSSR count). The van der Waals surface area contributed by atoms with Crippen molar-refractivity contribution in [3.8, 4) is 17.0 Å². The summed E-state index contributed by atoms with van der Waals surface area (Å²) in [5, 5.41) is 0. The fourth-order valence-corrected chi connectivity index (χ4v) is 3.57. The molecule has 0 saturated carbocycles. The number of rotatable bonds is 4. The van der Waals surface area contributed by atoms with E-state index < -0.39 is 0 Å². The number of benzene rings is 2. The van der Waals surface area contributed by atoms with Gasteiger partial charge in [0.15, 0.2) is 11.7 Å². The number of pyridine rings is 1. The Morgan fingerprint density at radius 3 is 2.04 bits per heavy atom. The molecule has 0 N–H and O–H groups in total. The molecule has 0 spiro atoms. The third-order valence-corrected chi connectivity index (χ3v) is 4.90. The van der Waals surface area contributed by atoms with Crippen LogP contribution in [0, 0.1) is 13.8 Å². The van der Waals surface area contributed by atoms with Crippen LogP contribution in [-0.2, 0) is 5.54 Å². The molecule has 2 heteroatoms. The van der Waals surface area contributed by atoms with Crippen molar-refractivity contribution >= 4 is 0 Å². The normalized spacial score (nSPS) is 11.4. The quantitative estimate of drug-likeness (QED) is 0.609. The van der Waals surface area contributed by atoms with Gasteiger partial charge in [-0.15, -0.1) is 0 Å². The summed E-state index contributed by atoms with van der Waals surface area (Å²) in [4.78, 5) is 0. The van der Waals surface area contributed by atoms with Crippen molar-refractivity contribution in [2.24, 2.45) is 0 Å². The molecule has 0 aliphatic carbocycles. The van der Waals surface area contributed by atoms with E-state index in [0.717, 1.165) is 16.9 Å². The maximum absolute atomic E-state index is 5.53. The molecule has 1 aromatic heterocycles. The zero-order valence-electron chi connectivity index (χ0n) is 15.7. The van der Waals surface area contributed by atoms with Crippen molar-refractivity contribution < 1.29 is 9.30 Å². The van der Waals surface area contributed by atoms with Gasteiger partial charge in [-0.1, -0.05) is 30.3 Å². The van der Waals surface area contributed by atoms with E-state index in [9.17, 15) is 0 Å². The Morgan fingerprint density at radius 2 is 1.44 bits per heavy atom. The summed E-state index contributed by atoms with van der Waals surface area (Å²) < 4.78 is 7.88. The Morgan fingerprint density at radius 1 is 0.840 bits per heavy atom. The second kappa shape index (κ2) is 6.72. The molecule has 0 radical (unpaired) electrons. The molecule has 2 nitrogen and oxygen atoms in total. The van der Waals surface area contributed by atoms with E-state index >= 15 is 0 Å². The molecule has 0 atom stereocenters. The van der Waals surface area contributed by atoms with Crippen LogP contribution < -0.4 is 9.30 Å². The molecule has 0 saturated heterocycles. The number of aromatic nitrogens is 1. The third-order valence-electron chi connectivity index (χ3n) is 4.90. The van der Waals surface area contributed by atoms with Gasteiger partial charge in [-0.05, 0) is 43.2 Å². The number of hydrogen-bond donors (Lipinski definition) is 0. The minimum Gasteiger partial charge on any atom is -0.496 e. The predicted molar refractivity (Wildman–Crippen MR) is 103 cm³/mol. The van der Waals surface area contributed by atoms with Gasteiger partial charge in [0.25, 0.3) is 0 Å². The fraction of sp³-hybridized carbons (Fsp3) is 0.261. The second-order valence-electron chi connectivity index (χ2n) is 7.02. The molecule has 0 amide bonds. The number of methoxy groups -OCH3 is 1. The van der Waals surface area contributed by atoms with E-state index in [1.165, 1.54) is 16.8 Å². The Labute approximate surface area is 150 Å². The molecule has 2 aromatic carbocycles. The lowest BCUT2D eigenvalue weighted by Crippen LogP contribution is -2.54. The first-order valence-corrected chi connectivity index (χ1v) is 8.67. The van der Waals surface area contributed by atoms with Gasteiger partial charge in [0.1, 0.15) is 5.75 Å². The highest BCUT2D eigenvalue weighted by Crippen LogP contribution is 2.30. The smallest absolute Gasteiger partial charge is 0.213 e. The lowest BCUT2D eigenvalue weighted by Gasteiger charge is -2.22. The predicted octanol–water partition coefficient (Wildman–Crippen LogP) is 5.05. The highest BCUT2D eigenvalue weighted by atomic mass is 16.5. The van der Waals surface area contributed by atoms with Crippen LogP contribution in [0.3, 0.4) is 0 Å². The summed E-state index contributed by atoms with van der Waals surface area (Å²) in [5.41, 5.74) is 5.86. The summed E-state index contributed by atoms with van der Waals surface area (Å²) in [5.74, 6) is 0.966. The molecule has 0 aliphatic rings. The molecule has 25 heavy (non-hydrogen) atoms. The Hall–Kier alpha value is -2.61. The van der Waals surface area contributed by atoms with E-state index in [1.807, 2.05) is 0 Å². The van der Waals surface area contributed by atoms with Crippen LogP contribution in [0.5, 0.6) is 5.75 Å². The van der Waals surface area contributed by atoms with E-state index in [0.29, 0.717) is 0 Å². The molecule has 1 heterocycles. The van der Waals surface area contributed by atoms with E-state index in [4.69, 9.17) is 4.74 Å². The van der Waals surface area contributed by atoms with Crippen LogP contribution in [-0.4, -0.2) is 7.11 Å². The Kier molecular flexibility index (Phi) is 4.63. The number of ether oxygens (including phenoxy) is 1. The van der Waals surface area contributed by atoms with Crippen LogP contribution in [0.4, 0.5) is 0 Å². The van der Waals surface area contributed by atoms with Crippen LogP contribution in [0.1, 0.15) is 30.5 Å². The van der Waals surface area contributed by atoms with Gasteiger partial charge in [-0.25, -0.2) is 0 Å². The molecule has 3 aromatic rings. The topological polar surface area (TPSA) is 13.1 Å². The van der Waals surface area contributed by atoms with Gasteiger partial charge in [0, 0.05) is 37.1 Å². The van der Waals surface area contributed by atoms with Crippen molar-refractivity contribution in [3.63, 3.8) is 0 Å². The number of hydrogen-bond acceptors (Lipinski definition) is 1. The summed E-state index contributed by atoms with van der Waals surface area (Å²) in [6, 6.07) is 21.4. The highest BCUT2D eigenvalue weighted by molar-refractivity contribution is 5.62. The van der Waals surface area contributed by atoms with Crippen LogP contribution in [0.25, 0.3) is 11.3 Å². The Bertz CT molecular complexity index is 859. The minimum atomic E-state index is -0.153. The van der Waals surface area contributed by atoms with Crippen LogP contribution in [0.2, 0.25) is 0 Å². The molecule has 128 valence electrons. The van der Waals surface area contributed by atoms with Crippen molar-refractivity contribution in [2.75, 3.05) is 7.11 Å². The van der Waals surface area contributed by atoms with Gasteiger partial charge >= 0.3 is 0 Å². The van der Waals surface area contributed by atoms with Gasteiger partial charge < -0.3 is 4.74 Å². The summed E-state index contributed by atoms with van der Waals surface area (Å²) in [6.07, 6.45) is 2.16. The van der Waals surface area contributed by atoms with Crippen molar-refractivity contribution in [1.82, 2.24) is 0 Å². The second-order valence-corrected chi connectivity index (χ2v) is 7.02. The largest absolute Gasteiger partial charge is 0.496 e. The Balaban J connectivity index is 2.18. The SMILES string of the molecule is COc1c(C)cc(-c2cccc[n+]2C(C)(C)c2ccccc2)cc1C. The zero-order valence-corrected chi connectivity index (χ0v) is 15.7. The van der Waals surface area contributed by atoms with Gasteiger partial charge in [0.2, 0.25) is 5.69 Å². The van der Waals surface area contributed by atoms with E-state index in [1.54, 1.807) is 7.11 Å². The molecule has 0 fully saturated rings. The molecular formula is C23H26NO+. The standard InChI is InChI=1S/C23H26NO/c1-17-15-19(16-18(2)22(17)25-5)21-13-9-10-14-24(21)23(3,4)20-11-7-6-8-12-20/h6-16H,1-5H3/q+1.